The molecule has 2 aliphatic rings. The Hall–Kier alpha value is -1.11. The summed E-state index contributed by atoms with van der Waals surface area (Å²) < 4.78 is 0. The van der Waals surface area contributed by atoms with Gasteiger partial charge in [0.05, 0.1) is 0 Å². The molecular formula is C15H18O. The maximum absolute atomic E-state index is 11.9. The first-order valence-electron chi connectivity index (χ1n) is 6.15. The molecule has 1 aromatic carbocycles. The Morgan fingerprint density at radius 1 is 1.25 bits per heavy atom. The van der Waals surface area contributed by atoms with Crippen LogP contribution in [0.4, 0.5) is 0 Å². The van der Waals surface area contributed by atoms with Gasteiger partial charge in [0, 0.05) is 17.8 Å². The summed E-state index contributed by atoms with van der Waals surface area (Å²) in [6.07, 6.45) is 1.03. The van der Waals surface area contributed by atoms with E-state index in [1.165, 1.54) is 11.1 Å². The van der Waals surface area contributed by atoms with Crippen LogP contribution in [-0.2, 0) is 10.2 Å². The zero-order valence-corrected chi connectivity index (χ0v) is 10.2. The molecule has 2 aliphatic carbocycles. The normalized spacial score (nSPS) is 34.9. The van der Waals surface area contributed by atoms with Crippen LogP contribution in [0, 0.1) is 11.8 Å². The summed E-state index contributed by atoms with van der Waals surface area (Å²) in [6, 6.07) is 8.68. The molecule has 0 aliphatic heterocycles. The number of ketones is 1. The molecule has 1 aromatic rings. The first-order valence-corrected chi connectivity index (χ1v) is 6.15. The minimum absolute atomic E-state index is 0.160. The quantitative estimate of drug-likeness (QED) is 0.647. The maximum atomic E-state index is 11.9. The van der Waals surface area contributed by atoms with Crippen molar-refractivity contribution < 1.29 is 4.79 Å². The molecule has 84 valence electrons. The highest BCUT2D eigenvalue weighted by Gasteiger charge is 2.53. The second-order valence-electron chi connectivity index (χ2n) is 6.00. The third-order valence-corrected chi connectivity index (χ3v) is 4.57. The molecule has 0 bridgehead atoms. The summed E-state index contributed by atoms with van der Waals surface area (Å²) in [5, 5.41) is 0. The SMILES string of the molecule is CC1C(=O)C2CC(C)(C)c3ccccc3C12. The van der Waals surface area contributed by atoms with Crippen molar-refractivity contribution in [2.75, 3.05) is 0 Å². The van der Waals surface area contributed by atoms with Crippen LogP contribution in [0.25, 0.3) is 0 Å². The molecule has 3 unspecified atom stereocenters. The fraction of sp³-hybridized carbons (Fsp3) is 0.533. The van der Waals surface area contributed by atoms with Gasteiger partial charge in [0.25, 0.3) is 0 Å². The highest BCUT2D eigenvalue weighted by Crippen LogP contribution is 2.55. The van der Waals surface area contributed by atoms with Gasteiger partial charge >= 0.3 is 0 Å². The third-order valence-electron chi connectivity index (χ3n) is 4.57. The second-order valence-corrected chi connectivity index (χ2v) is 6.00. The van der Waals surface area contributed by atoms with Gasteiger partial charge in [-0.3, -0.25) is 4.79 Å². The molecule has 1 heteroatoms. The molecular weight excluding hydrogens is 196 g/mol. The smallest absolute Gasteiger partial charge is 0.140 e. The molecule has 1 nitrogen and oxygen atoms in total. The summed E-state index contributed by atoms with van der Waals surface area (Å²) in [6.45, 7) is 6.61. The maximum Gasteiger partial charge on any atom is 0.140 e. The van der Waals surface area contributed by atoms with Gasteiger partial charge in [0.1, 0.15) is 5.78 Å². The molecule has 0 saturated heterocycles. The largest absolute Gasteiger partial charge is 0.299 e. The van der Waals surface area contributed by atoms with Gasteiger partial charge in [0.2, 0.25) is 0 Å². The Bertz CT molecular complexity index is 458. The van der Waals surface area contributed by atoms with Gasteiger partial charge < -0.3 is 0 Å². The van der Waals surface area contributed by atoms with Crippen molar-refractivity contribution in [3.8, 4) is 0 Å². The number of hydrogen-bond donors (Lipinski definition) is 0. The average molecular weight is 214 g/mol. The average Bonchev–Trinajstić information content (AvgIpc) is 2.28. The van der Waals surface area contributed by atoms with Crippen molar-refractivity contribution in [1.82, 2.24) is 0 Å². The number of hydrogen-bond acceptors (Lipinski definition) is 1. The zero-order valence-electron chi connectivity index (χ0n) is 10.2. The van der Waals surface area contributed by atoms with E-state index < -0.39 is 0 Å². The molecule has 0 N–H and O–H groups in total. The summed E-state index contributed by atoms with van der Waals surface area (Å²) in [5.41, 5.74) is 3.04. The number of fused-ring (bicyclic) bond motifs is 3. The number of Topliss-reactive ketones (excluding diaryl/α,β-unsaturated/α-hetero) is 1. The lowest BCUT2D eigenvalue weighted by molar-refractivity contribution is -0.139. The van der Waals surface area contributed by atoms with E-state index in [0.717, 1.165) is 6.42 Å². The first kappa shape index (κ1) is 10.1. The van der Waals surface area contributed by atoms with Crippen LogP contribution in [0.2, 0.25) is 0 Å². The van der Waals surface area contributed by atoms with E-state index in [0.29, 0.717) is 17.6 Å². The molecule has 0 heterocycles. The van der Waals surface area contributed by atoms with Crippen LogP contribution >= 0.6 is 0 Å². The second kappa shape index (κ2) is 2.97. The van der Waals surface area contributed by atoms with Crippen molar-refractivity contribution in [3.05, 3.63) is 35.4 Å². The van der Waals surface area contributed by atoms with Crippen LogP contribution < -0.4 is 0 Å². The van der Waals surface area contributed by atoms with Crippen molar-refractivity contribution >= 4 is 5.78 Å². The van der Waals surface area contributed by atoms with E-state index in [4.69, 9.17) is 0 Å². The van der Waals surface area contributed by atoms with Crippen molar-refractivity contribution in [2.24, 2.45) is 11.8 Å². The Morgan fingerprint density at radius 3 is 2.69 bits per heavy atom. The minimum atomic E-state index is 0.160. The van der Waals surface area contributed by atoms with E-state index in [-0.39, 0.29) is 11.3 Å². The minimum Gasteiger partial charge on any atom is -0.299 e. The molecule has 3 rings (SSSR count). The lowest BCUT2D eigenvalue weighted by Gasteiger charge is -2.51. The Morgan fingerprint density at radius 2 is 1.94 bits per heavy atom. The number of benzene rings is 1. The standard InChI is InChI=1S/C15H18O/c1-9-13-10-6-4-5-7-12(10)15(2,3)8-11(13)14(9)16/h4-7,9,11,13H,8H2,1-3H3. The summed E-state index contributed by atoms with van der Waals surface area (Å²) >= 11 is 0. The van der Waals surface area contributed by atoms with Crippen LogP contribution in [0.5, 0.6) is 0 Å². The molecule has 0 amide bonds. The number of carbonyl (C=O) groups excluding carboxylic acids is 1. The van der Waals surface area contributed by atoms with Crippen LogP contribution in [0.15, 0.2) is 24.3 Å². The molecule has 0 radical (unpaired) electrons. The monoisotopic (exact) mass is 214 g/mol. The summed E-state index contributed by atoms with van der Waals surface area (Å²) in [7, 11) is 0. The van der Waals surface area contributed by atoms with E-state index in [9.17, 15) is 4.79 Å². The molecule has 0 aromatic heterocycles. The van der Waals surface area contributed by atoms with Crippen molar-refractivity contribution in [3.63, 3.8) is 0 Å². The van der Waals surface area contributed by atoms with Gasteiger partial charge in [-0.25, -0.2) is 0 Å². The van der Waals surface area contributed by atoms with Gasteiger partial charge in [-0.05, 0) is 23.0 Å². The van der Waals surface area contributed by atoms with Crippen molar-refractivity contribution in [2.45, 2.75) is 38.5 Å². The molecule has 0 spiro atoms. The topological polar surface area (TPSA) is 17.1 Å². The molecule has 16 heavy (non-hydrogen) atoms. The van der Waals surface area contributed by atoms with Gasteiger partial charge in [-0.2, -0.15) is 0 Å². The highest BCUT2D eigenvalue weighted by atomic mass is 16.1. The van der Waals surface area contributed by atoms with Gasteiger partial charge in [-0.1, -0.05) is 45.0 Å². The zero-order chi connectivity index (χ0) is 11.5. The molecule has 1 saturated carbocycles. The van der Waals surface area contributed by atoms with Crippen LogP contribution in [-0.4, -0.2) is 5.78 Å². The van der Waals surface area contributed by atoms with E-state index >= 15 is 0 Å². The Kier molecular flexibility index (Phi) is 1.87. The van der Waals surface area contributed by atoms with Gasteiger partial charge in [-0.15, -0.1) is 0 Å². The third kappa shape index (κ3) is 1.09. The highest BCUT2D eigenvalue weighted by molar-refractivity contribution is 5.92. The number of carbonyl (C=O) groups is 1. The van der Waals surface area contributed by atoms with Gasteiger partial charge in [0.15, 0.2) is 0 Å². The number of rotatable bonds is 0. The van der Waals surface area contributed by atoms with E-state index in [1.807, 2.05) is 0 Å². The van der Waals surface area contributed by atoms with Crippen LogP contribution in [0.3, 0.4) is 0 Å². The molecule has 1 fully saturated rings. The lowest BCUT2D eigenvalue weighted by Crippen LogP contribution is -2.50. The Balaban J connectivity index is 2.15. The van der Waals surface area contributed by atoms with Crippen molar-refractivity contribution in [1.29, 1.82) is 0 Å². The predicted molar refractivity (Wildman–Crippen MR) is 64.5 cm³/mol. The van der Waals surface area contributed by atoms with E-state index in [1.54, 1.807) is 0 Å². The fourth-order valence-electron chi connectivity index (χ4n) is 3.70. The fourth-order valence-corrected chi connectivity index (χ4v) is 3.70. The van der Waals surface area contributed by atoms with E-state index in [2.05, 4.69) is 45.0 Å². The summed E-state index contributed by atoms with van der Waals surface area (Å²) in [5.74, 6) is 1.51. The first-order chi connectivity index (χ1) is 7.52. The lowest BCUT2D eigenvalue weighted by atomic mass is 9.51. The predicted octanol–water partition coefficient (Wildman–Crippen LogP) is 3.29. The Labute approximate surface area is 96.9 Å². The molecule has 3 atom stereocenters. The summed E-state index contributed by atoms with van der Waals surface area (Å²) in [4.78, 5) is 11.9. The van der Waals surface area contributed by atoms with Crippen LogP contribution in [0.1, 0.15) is 44.2 Å².